The minimum absolute atomic E-state index is 0.167. The van der Waals surface area contributed by atoms with Crippen LogP contribution < -0.4 is 15.5 Å². The van der Waals surface area contributed by atoms with Crippen LogP contribution in [-0.2, 0) is 45.0 Å². The van der Waals surface area contributed by atoms with Gasteiger partial charge in [0.25, 0.3) is 0 Å². The number of halogens is 3. The maximum atomic E-state index is 12.6. The molecule has 13 heteroatoms. The van der Waals surface area contributed by atoms with Gasteiger partial charge in [-0.1, -0.05) is 0 Å². The number of aryl methyl sites for hydroxylation is 3. The van der Waals surface area contributed by atoms with Gasteiger partial charge in [0.2, 0.25) is 5.91 Å². The van der Waals surface area contributed by atoms with Crippen LogP contribution in [0.15, 0.2) is 18.3 Å². The molecule has 0 radical (unpaired) electrons. The molecule has 0 bridgehead atoms. The molecule has 0 saturated heterocycles. The Morgan fingerprint density at radius 3 is 2.37 bits per heavy atom. The maximum Gasteiger partial charge on any atom is 0.490 e. The number of imidazole rings is 1. The molecule has 0 aliphatic carbocycles. The van der Waals surface area contributed by atoms with Crippen LogP contribution in [-0.4, -0.2) is 51.1 Å². The van der Waals surface area contributed by atoms with Gasteiger partial charge in [-0.3, -0.25) is 14.4 Å². The molecule has 0 saturated carbocycles. The van der Waals surface area contributed by atoms with Crippen molar-refractivity contribution in [1.82, 2.24) is 14.9 Å². The third kappa shape index (κ3) is 5.81. The van der Waals surface area contributed by atoms with E-state index in [0.717, 1.165) is 73.5 Å². The fourth-order valence-electron chi connectivity index (χ4n) is 5.03. The molecule has 3 amide bonds. The number of alkyl halides is 3. The lowest BCUT2D eigenvalue weighted by molar-refractivity contribution is -0.192. The van der Waals surface area contributed by atoms with E-state index in [0.29, 0.717) is 18.5 Å². The number of aromatic nitrogens is 2. The molecular formula is C25H28F3N5O5. The molecular weight excluding hydrogens is 507 g/mol. The molecule has 38 heavy (non-hydrogen) atoms. The van der Waals surface area contributed by atoms with Gasteiger partial charge in [0, 0.05) is 31.6 Å². The Morgan fingerprint density at radius 2 is 1.68 bits per heavy atom. The highest BCUT2D eigenvalue weighted by Crippen LogP contribution is 2.37. The first kappa shape index (κ1) is 27.1. The van der Waals surface area contributed by atoms with E-state index in [9.17, 15) is 27.6 Å². The van der Waals surface area contributed by atoms with Crippen LogP contribution in [0.3, 0.4) is 0 Å². The molecule has 204 valence electrons. The van der Waals surface area contributed by atoms with Crippen LogP contribution in [0.1, 0.15) is 61.3 Å². The third-order valence-electron chi connectivity index (χ3n) is 6.77. The third-order valence-corrected chi connectivity index (χ3v) is 6.77. The van der Waals surface area contributed by atoms with E-state index in [1.54, 1.807) is 6.20 Å². The molecule has 0 fully saturated rings. The minimum atomic E-state index is -5.08. The lowest BCUT2D eigenvalue weighted by atomic mass is 9.91. The highest BCUT2D eigenvalue weighted by Gasteiger charge is 2.38. The fourth-order valence-corrected chi connectivity index (χ4v) is 5.03. The molecule has 3 aliphatic heterocycles. The predicted molar refractivity (Wildman–Crippen MR) is 129 cm³/mol. The van der Waals surface area contributed by atoms with Gasteiger partial charge in [-0.25, -0.2) is 9.78 Å². The number of rotatable bonds is 3. The summed E-state index contributed by atoms with van der Waals surface area (Å²) in [6.45, 7) is 3.52. The second-order valence-corrected chi connectivity index (χ2v) is 9.45. The highest BCUT2D eigenvalue weighted by atomic mass is 19.4. The van der Waals surface area contributed by atoms with Crippen LogP contribution in [0.4, 0.5) is 24.5 Å². The predicted octanol–water partition coefficient (Wildman–Crippen LogP) is 2.89. The van der Waals surface area contributed by atoms with E-state index in [1.165, 1.54) is 0 Å². The summed E-state index contributed by atoms with van der Waals surface area (Å²) in [6.07, 6.45) is 2.81. The molecule has 10 nitrogen and oxygen atoms in total. The molecule has 4 heterocycles. The maximum absolute atomic E-state index is 12.6. The second-order valence-electron chi connectivity index (χ2n) is 9.45. The molecule has 1 aromatic carbocycles. The number of anilines is 2. The Kier molecular flexibility index (Phi) is 7.74. The highest BCUT2D eigenvalue weighted by molar-refractivity contribution is 6.39. The zero-order chi connectivity index (χ0) is 27.6. The van der Waals surface area contributed by atoms with E-state index in [1.807, 2.05) is 24.0 Å². The summed E-state index contributed by atoms with van der Waals surface area (Å²) in [7, 11) is 0. The Balaban J connectivity index is 0.000000426. The number of carboxylic acids is 1. The van der Waals surface area contributed by atoms with Crippen molar-refractivity contribution in [3.05, 3.63) is 41.0 Å². The molecule has 3 aliphatic rings. The SMILES string of the molecule is CC(NC(=O)C(=O)Nc1cc2c3c(c1)CCC(=O)N3CCC2)c1cnc2n1CCCC2.O=C(O)C(F)(F)F. The van der Waals surface area contributed by atoms with E-state index >= 15 is 0 Å². The summed E-state index contributed by atoms with van der Waals surface area (Å²) in [6, 6.07) is 3.48. The normalized spacial score (nSPS) is 16.8. The van der Waals surface area contributed by atoms with Crippen molar-refractivity contribution in [2.24, 2.45) is 0 Å². The summed E-state index contributed by atoms with van der Waals surface area (Å²) in [4.78, 5) is 52.6. The fraction of sp³-hybridized carbons (Fsp3) is 0.480. The van der Waals surface area contributed by atoms with E-state index < -0.39 is 24.0 Å². The molecule has 1 atom stereocenters. The van der Waals surface area contributed by atoms with Gasteiger partial charge in [-0.05, 0) is 62.3 Å². The summed E-state index contributed by atoms with van der Waals surface area (Å²) < 4.78 is 33.9. The van der Waals surface area contributed by atoms with Crippen LogP contribution >= 0.6 is 0 Å². The first-order valence-electron chi connectivity index (χ1n) is 12.4. The first-order valence-corrected chi connectivity index (χ1v) is 12.4. The molecule has 0 spiro atoms. The number of aliphatic carboxylic acids is 1. The number of carboxylic acid groups (broad SMARTS) is 1. The molecule has 5 rings (SSSR count). The molecule has 2 aromatic rings. The van der Waals surface area contributed by atoms with Crippen molar-refractivity contribution in [1.29, 1.82) is 0 Å². The van der Waals surface area contributed by atoms with Crippen molar-refractivity contribution >= 4 is 35.1 Å². The number of nitrogens with one attached hydrogen (secondary N) is 2. The summed E-state index contributed by atoms with van der Waals surface area (Å²) in [5, 5.41) is 12.7. The average Bonchev–Trinajstić information content (AvgIpc) is 3.30. The smallest absolute Gasteiger partial charge is 0.475 e. The van der Waals surface area contributed by atoms with Gasteiger partial charge >= 0.3 is 24.0 Å². The van der Waals surface area contributed by atoms with E-state index in [-0.39, 0.29) is 11.9 Å². The van der Waals surface area contributed by atoms with E-state index in [2.05, 4.69) is 20.2 Å². The molecule has 3 N–H and O–H groups in total. The van der Waals surface area contributed by atoms with Gasteiger partial charge in [0.1, 0.15) is 5.82 Å². The number of hydrogen-bond acceptors (Lipinski definition) is 5. The minimum Gasteiger partial charge on any atom is -0.475 e. The van der Waals surface area contributed by atoms with Gasteiger partial charge in [0.15, 0.2) is 0 Å². The number of amides is 3. The monoisotopic (exact) mass is 535 g/mol. The number of hydrogen-bond donors (Lipinski definition) is 3. The summed E-state index contributed by atoms with van der Waals surface area (Å²) in [5.74, 6) is -2.89. The van der Waals surface area contributed by atoms with Gasteiger partial charge < -0.3 is 25.2 Å². The van der Waals surface area contributed by atoms with Gasteiger partial charge in [-0.2, -0.15) is 13.2 Å². The van der Waals surface area contributed by atoms with E-state index in [4.69, 9.17) is 9.90 Å². The number of fused-ring (bicyclic) bond motifs is 1. The van der Waals surface area contributed by atoms with Crippen molar-refractivity contribution in [2.75, 3.05) is 16.8 Å². The van der Waals surface area contributed by atoms with Crippen LogP contribution in [0.2, 0.25) is 0 Å². The molecule has 1 aromatic heterocycles. The Labute approximate surface area is 216 Å². The van der Waals surface area contributed by atoms with Crippen molar-refractivity contribution in [3.8, 4) is 0 Å². The topological polar surface area (TPSA) is 134 Å². The van der Waals surface area contributed by atoms with Crippen molar-refractivity contribution in [3.63, 3.8) is 0 Å². The Bertz CT molecular complexity index is 1260. The number of carbonyl (C=O) groups excluding carboxylic acids is 3. The number of nitrogens with zero attached hydrogens (tertiary/aromatic N) is 3. The molecule has 1 unspecified atom stereocenters. The summed E-state index contributed by atoms with van der Waals surface area (Å²) >= 11 is 0. The first-order chi connectivity index (χ1) is 18.0. The largest absolute Gasteiger partial charge is 0.490 e. The van der Waals surface area contributed by atoms with Crippen LogP contribution in [0.5, 0.6) is 0 Å². The standard InChI is InChI=1S/C23H27N5O3.C2HF3O2/c1-14(18-13-24-19-6-2-3-9-27(18)19)25-22(30)23(31)26-17-11-15-5-4-10-28-20(29)8-7-16(12-17)21(15)28;3-2(4,5)1(6)7/h11-14H,2-10H2,1H3,(H,25,30)(H,26,31);(H,6,7). The summed E-state index contributed by atoms with van der Waals surface area (Å²) in [5.41, 5.74) is 4.67. The lowest BCUT2D eigenvalue weighted by Gasteiger charge is -2.35. The van der Waals surface area contributed by atoms with Gasteiger partial charge in [0.05, 0.1) is 23.6 Å². The van der Waals surface area contributed by atoms with Crippen LogP contribution in [0, 0.1) is 0 Å². The average molecular weight is 536 g/mol. The quantitative estimate of drug-likeness (QED) is 0.518. The van der Waals surface area contributed by atoms with Crippen molar-refractivity contribution in [2.45, 2.75) is 70.6 Å². The lowest BCUT2D eigenvalue weighted by Crippen LogP contribution is -2.39. The van der Waals surface area contributed by atoms with Crippen molar-refractivity contribution < 1.29 is 37.5 Å². The number of carbonyl (C=O) groups is 4. The second kappa shape index (κ2) is 10.8. The Hall–Kier alpha value is -3.90. The zero-order valence-electron chi connectivity index (χ0n) is 20.7. The number of benzene rings is 1. The van der Waals surface area contributed by atoms with Gasteiger partial charge in [-0.15, -0.1) is 0 Å². The Morgan fingerprint density at radius 1 is 1.00 bits per heavy atom. The zero-order valence-corrected chi connectivity index (χ0v) is 20.7. The van der Waals surface area contributed by atoms with Crippen LogP contribution in [0.25, 0.3) is 0 Å².